The number of nitrogens with one attached hydrogen (secondary N) is 1. The van der Waals surface area contributed by atoms with E-state index in [0.717, 1.165) is 32.7 Å². The van der Waals surface area contributed by atoms with Crippen LogP contribution < -0.4 is 5.32 Å². The third kappa shape index (κ3) is 3.05. The van der Waals surface area contributed by atoms with Crippen molar-refractivity contribution in [3.05, 3.63) is 18.2 Å². The first kappa shape index (κ1) is 15.5. The van der Waals surface area contributed by atoms with Crippen LogP contribution in [-0.2, 0) is 16.0 Å². The summed E-state index contributed by atoms with van der Waals surface area (Å²) in [6, 6.07) is 0.473. The Kier molecular flexibility index (Phi) is 5.18. The minimum atomic E-state index is 0.165. The van der Waals surface area contributed by atoms with E-state index in [1.807, 2.05) is 12.5 Å². The normalized spacial score (nSPS) is 24.6. The van der Waals surface area contributed by atoms with Gasteiger partial charge in [-0.15, -0.1) is 0 Å². The lowest BCUT2D eigenvalue weighted by molar-refractivity contribution is -0.128. The number of aromatic nitrogens is 2. The monoisotopic (exact) mass is 281 g/mol. The Labute approximate surface area is 121 Å². The lowest BCUT2D eigenvalue weighted by atomic mass is 9.64. The van der Waals surface area contributed by atoms with Gasteiger partial charge in [0.25, 0.3) is 0 Å². The van der Waals surface area contributed by atoms with Crippen LogP contribution in [-0.4, -0.2) is 42.5 Å². The van der Waals surface area contributed by atoms with E-state index in [0.29, 0.717) is 12.1 Å². The highest BCUT2D eigenvalue weighted by molar-refractivity contribution is 5.09. The Morgan fingerprint density at radius 1 is 1.50 bits per heavy atom. The summed E-state index contributed by atoms with van der Waals surface area (Å²) in [5.74, 6) is 0. The zero-order chi connectivity index (χ0) is 14.6. The molecule has 0 aromatic carbocycles. The molecule has 5 nitrogen and oxygen atoms in total. The maximum absolute atomic E-state index is 5.81. The fraction of sp³-hybridized carbons (Fsp3) is 0.800. The largest absolute Gasteiger partial charge is 0.383 e. The van der Waals surface area contributed by atoms with Gasteiger partial charge in [0, 0.05) is 44.5 Å². The van der Waals surface area contributed by atoms with Crippen molar-refractivity contribution in [3.8, 4) is 0 Å². The molecular formula is C15H27N3O2. The van der Waals surface area contributed by atoms with Crippen LogP contribution >= 0.6 is 0 Å². The quantitative estimate of drug-likeness (QED) is 0.740. The number of imidazole rings is 1. The van der Waals surface area contributed by atoms with Gasteiger partial charge < -0.3 is 19.4 Å². The van der Waals surface area contributed by atoms with E-state index in [-0.39, 0.29) is 5.41 Å². The van der Waals surface area contributed by atoms with Crippen molar-refractivity contribution < 1.29 is 9.47 Å². The second-order valence-electron chi connectivity index (χ2n) is 5.98. The average molecular weight is 281 g/mol. The van der Waals surface area contributed by atoms with Gasteiger partial charge in [0.15, 0.2) is 0 Å². The van der Waals surface area contributed by atoms with Crippen LogP contribution in [0.15, 0.2) is 12.5 Å². The number of hydrogen-bond donors (Lipinski definition) is 1. The second kappa shape index (κ2) is 6.70. The minimum Gasteiger partial charge on any atom is -0.383 e. The predicted octanol–water partition coefficient (Wildman–Crippen LogP) is 2.00. The van der Waals surface area contributed by atoms with Crippen molar-refractivity contribution in [2.24, 2.45) is 5.41 Å². The lowest BCUT2D eigenvalue weighted by Crippen LogP contribution is -2.51. The number of methoxy groups -OCH3 is 1. The molecule has 0 aliphatic heterocycles. The Morgan fingerprint density at radius 3 is 2.95 bits per heavy atom. The molecule has 0 bridgehead atoms. The molecule has 1 fully saturated rings. The first-order chi connectivity index (χ1) is 9.61. The van der Waals surface area contributed by atoms with Gasteiger partial charge in [-0.25, -0.2) is 4.98 Å². The Bertz CT molecular complexity index is 417. The van der Waals surface area contributed by atoms with Crippen LogP contribution in [0.5, 0.6) is 0 Å². The van der Waals surface area contributed by atoms with E-state index < -0.39 is 0 Å². The van der Waals surface area contributed by atoms with Crippen LogP contribution in [0.2, 0.25) is 0 Å². The molecule has 2 rings (SSSR count). The van der Waals surface area contributed by atoms with Gasteiger partial charge in [0.1, 0.15) is 0 Å². The minimum absolute atomic E-state index is 0.165. The number of rotatable bonds is 8. The predicted molar refractivity (Wildman–Crippen MR) is 78.7 cm³/mol. The number of ether oxygens (including phenoxy) is 2. The lowest BCUT2D eigenvalue weighted by Gasteiger charge is -2.52. The van der Waals surface area contributed by atoms with Gasteiger partial charge in [-0.05, 0) is 13.3 Å². The third-order valence-corrected chi connectivity index (χ3v) is 4.36. The molecule has 1 aliphatic rings. The molecule has 1 aromatic rings. The summed E-state index contributed by atoms with van der Waals surface area (Å²) in [4.78, 5) is 4.31. The van der Waals surface area contributed by atoms with Crippen molar-refractivity contribution >= 4 is 0 Å². The first-order valence-electron chi connectivity index (χ1n) is 7.43. The van der Waals surface area contributed by atoms with Crippen LogP contribution in [0.1, 0.15) is 38.9 Å². The topological polar surface area (TPSA) is 48.3 Å². The van der Waals surface area contributed by atoms with Crippen LogP contribution in [0.3, 0.4) is 0 Å². The van der Waals surface area contributed by atoms with Gasteiger partial charge in [0.05, 0.1) is 24.7 Å². The van der Waals surface area contributed by atoms with Gasteiger partial charge in [-0.3, -0.25) is 0 Å². The summed E-state index contributed by atoms with van der Waals surface area (Å²) in [7, 11) is 1.72. The third-order valence-electron chi connectivity index (χ3n) is 4.36. The van der Waals surface area contributed by atoms with Crippen molar-refractivity contribution in [2.45, 2.75) is 45.9 Å². The van der Waals surface area contributed by atoms with E-state index >= 15 is 0 Å². The van der Waals surface area contributed by atoms with E-state index in [1.54, 1.807) is 7.11 Å². The Balaban J connectivity index is 1.95. The summed E-state index contributed by atoms with van der Waals surface area (Å²) >= 11 is 0. The number of nitrogens with zero attached hydrogens (tertiary/aromatic N) is 2. The molecule has 20 heavy (non-hydrogen) atoms. The molecule has 114 valence electrons. The smallest absolute Gasteiger partial charge is 0.0951 e. The molecule has 1 saturated carbocycles. The summed E-state index contributed by atoms with van der Waals surface area (Å²) in [6.07, 6.45) is 5.32. The summed E-state index contributed by atoms with van der Waals surface area (Å²) in [5, 5.41) is 3.38. The van der Waals surface area contributed by atoms with E-state index in [4.69, 9.17) is 9.47 Å². The number of hydrogen-bond acceptors (Lipinski definition) is 4. The molecule has 1 N–H and O–H groups in total. The van der Waals surface area contributed by atoms with Crippen molar-refractivity contribution in [1.82, 2.24) is 14.9 Å². The highest BCUT2D eigenvalue weighted by atomic mass is 16.5. The van der Waals surface area contributed by atoms with Crippen molar-refractivity contribution in [2.75, 3.05) is 26.9 Å². The summed E-state index contributed by atoms with van der Waals surface area (Å²) < 4.78 is 13.2. The van der Waals surface area contributed by atoms with Crippen molar-refractivity contribution in [1.29, 1.82) is 0 Å². The van der Waals surface area contributed by atoms with E-state index in [1.165, 1.54) is 5.69 Å². The molecule has 1 heterocycles. The van der Waals surface area contributed by atoms with E-state index in [9.17, 15) is 0 Å². The molecule has 0 amide bonds. The zero-order valence-electron chi connectivity index (χ0n) is 13.1. The van der Waals surface area contributed by atoms with Crippen LogP contribution in [0.4, 0.5) is 0 Å². The Hall–Kier alpha value is -0.910. The van der Waals surface area contributed by atoms with Gasteiger partial charge in [0.2, 0.25) is 0 Å². The van der Waals surface area contributed by atoms with Gasteiger partial charge in [-0.2, -0.15) is 0 Å². The van der Waals surface area contributed by atoms with Crippen LogP contribution in [0, 0.1) is 5.41 Å². The molecule has 2 unspecified atom stereocenters. The second-order valence-corrected chi connectivity index (χ2v) is 5.98. The molecule has 2 atom stereocenters. The fourth-order valence-electron chi connectivity index (χ4n) is 2.96. The zero-order valence-corrected chi connectivity index (χ0v) is 13.1. The molecule has 0 radical (unpaired) electrons. The fourth-order valence-corrected chi connectivity index (χ4v) is 2.96. The van der Waals surface area contributed by atoms with Gasteiger partial charge >= 0.3 is 0 Å². The van der Waals surface area contributed by atoms with Gasteiger partial charge in [-0.1, -0.05) is 13.8 Å². The molecule has 1 aromatic heterocycles. The van der Waals surface area contributed by atoms with Crippen molar-refractivity contribution in [3.63, 3.8) is 0 Å². The van der Waals surface area contributed by atoms with Crippen LogP contribution in [0.25, 0.3) is 0 Å². The standard InChI is InChI=1S/C15H27N3O2/c1-5-20-14-8-13(15(14,2)3)18-11-17-10-12(18)9-16-6-7-19-4/h10-11,13-14,16H,5-9H2,1-4H3. The molecule has 0 saturated heterocycles. The Morgan fingerprint density at radius 2 is 2.30 bits per heavy atom. The average Bonchev–Trinajstić information content (AvgIpc) is 2.87. The molecule has 1 aliphatic carbocycles. The molecular weight excluding hydrogens is 254 g/mol. The van der Waals surface area contributed by atoms with E-state index in [2.05, 4.69) is 35.6 Å². The SMILES string of the molecule is CCOC1CC(n2cncc2CNCCOC)C1(C)C. The highest BCUT2D eigenvalue weighted by Crippen LogP contribution is 2.51. The molecule has 5 heteroatoms. The maximum Gasteiger partial charge on any atom is 0.0951 e. The summed E-state index contributed by atoms with van der Waals surface area (Å²) in [6.45, 7) is 9.83. The maximum atomic E-state index is 5.81. The first-order valence-corrected chi connectivity index (χ1v) is 7.43. The summed E-state index contributed by atoms with van der Waals surface area (Å²) in [5.41, 5.74) is 1.40. The molecule has 0 spiro atoms. The highest BCUT2D eigenvalue weighted by Gasteiger charge is 2.50.